The van der Waals surface area contributed by atoms with Crippen molar-refractivity contribution in [1.29, 1.82) is 0 Å². The van der Waals surface area contributed by atoms with E-state index in [4.69, 9.17) is 4.98 Å². The van der Waals surface area contributed by atoms with E-state index in [-0.39, 0.29) is 11.5 Å². The first kappa shape index (κ1) is 18.1. The van der Waals surface area contributed by atoms with E-state index in [1.807, 2.05) is 24.3 Å². The van der Waals surface area contributed by atoms with Gasteiger partial charge in [-0.15, -0.1) is 0 Å². The number of para-hydroxylation sites is 1. The van der Waals surface area contributed by atoms with Crippen LogP contribution in [-0.2, 0) is 13.0 Å². The maximum atomic E-state index is 13.3. The summed E-state index contributed by atoms with van der Waals surface area (Å²) in [5.41, 5.74) is 3.95. The molecule has 0 spiro atoms. The number of fused-ring (bicyclic) bond motifs is 2. The van der Waals surface area contributed by atoms with Crippen LogP contribution in [0.15, 0.2) is 48.5 Å². The van der Waals surface area contributed by atoms with E-state index >= 15 is 0 Å². The molecule has 0 aliphatic carbocycles. The Labute approximate surface area is 162 Å². The molecule has 6 heteroatoms. The number of aromatic nitrogens is 1. The minimum Gasteiger partial charge on any atom is -0.478 e. The Kier molecular flexibility index (Phi) is 4.79. The molecule has 2 aromatic carbocycles. The van der Waals surface area contributed by atoms with Crippen molar-refractivity contribution in [3.63, 3.8) is 0 Å². The number of rotatable bonds is 4. The summed E-state index contributed by atoms with van der Waals surface area (Å²) in [4.78, 5) is 31.6. The summed E-state index contributed by atoms with van der Waals surface area (Å²) in [6.07, 6.45) is 0.808. The SMILES string of the molecule is CCN1CCc2nc3ccccc3c(C(=O)Nc3cccc(C(=O)O)c3)c2C1. The van der Waals surface area contributed by atoms with Crippen molar-refractivity contribution in [1.82, 2.24) is 9.88 Å². The molecule has 0 unspecified atom stereocenters. The number of carboxylic acid groups (broad SMARTS) is 1. The number of pyridine rings is 1. The fourth-order valence-electron chi connectivity index (χ4n) is 3.70. The van der Waals surface area contributed by atoms with Gasteiger partial charge in [0.15, 0.2) is 0 Å². The van der Waals surface area contributed by atoms with E-state index in [0.29, 0.717) is 17.8 Å². The number of benzene rings is 2. The molecule has 1 aromatic heterocycles. The van der Waals surface area contributed by atoms with Gasteiger partial charge < -0.3 is 10.4 Å². The van der Waals surface area contributed by atoms with E-state index < -0.39 is 5.97 Å². The largest absolute Gasteiger partial charge is 0.478 e. The third-order valence-corrected chi connectivity index (χ3v) is 5.17. The number of hydrogen-bond donors (Lipinski definition) is 2. The fraction of sp³-hybridized carbons (Fsp3) is 0.227. The Bertz CT molecular complexity index is 1080. The van der Waals surface area contributed by atoms with E-state index in [2.05, 4.69) is 17.1 Å². The molecular formula is C22H21N3O3. The molecule has 6 nitrogen and oxygen atoms in total. The zero-order chi connectivity index (χ0) is 19.7. The molecule has 2 N–H and O–H groups in total. The average Bonchev–Trinajstić information content (AvgIpc) is 2.71. The van der Waals surface area contributed by atoms with Crippen molar-refractivity contribution in [3.8, 4) is 0 Å². The molecule has 0 bridgehead atoms. The lowest BCUT2D eigenvalue weighted by Crippen LogP contribution is -2.33. The van der Waals surface area contributed by atoms with Gasteiger partial charge in [-0.1, -0.05) is 31.2 Å². The molecule has 2 heterocycles. The third-order valence-electron chi connectivity index (χ3n) is 5.17. The van der Waals surface area contributed by atoms with Gasteiger partial charge in [-0.05, 0) is 30.8 Å². The first-order valence-corrected chi connectivity index (χ1v) is 9.34. The van der Waals surface area contributed by atoms with Crippen LogP contribution >= 0.6 is 0 Å². The molecular weight excluding hydrogens is 354 g/mol. The van der Waals surface area contributed by atoms with Crippen molar-refractivity contribution in [3.05, 3.63) is 70.9 Å². The lowest BCUT2D eigenvalue weighted by molar-refractivity contribution is 0.0696. The van der Waals surface area contributed by atoms with Gasteiger partial charge in [0.1, 0.15) is 0 Å². The summed E-state index contributed by atoms with van der Waals surface area (Å²) in [6.45, 7) is 4.63. The summed E-state index contributed by atoms with van der Waals surface area (Å²) in [6, 6.07) is 13.9. The first-order valence-electron chi connectivity index (χ1n) is 9.34. The first-order chi connectivity index (χ1) is 13.6. The minimum atomic E-state index is -1.03. The lowest BCUT2D eigenvalue weighted by Gasteiger charge is -2.29. The standard InChI is InChI=1S/C22H21N3O3/c1-2-25-11-10-19-17(13-25)20(16-8-3-4-9-18(16)24-19)21(26)23-15-7-5-6-14(12-15)22(27)28/h3-9,12H,2,10-11,13H2,1H3,(H,23,26)(H,27,28). The number of likely N-dealkylation sites (N-methyl/N-ethyl adjacent to an activating group) is 1. The second kappa shape index (κ2) is 7.40. The van der Waals surface area contributed by atoms with Crippen LogP contribution in [0.1, 0.15) is 38.9 Å². The highest BCUT2D eigenvalue weighted by atomic mass is 16.4. The number of aromatic carboxylic acids is 1. The Morgan fingerprint density at radius 3 is 2.79 bits per heavy atom. The lowest BCUT2D eigenvalue weighted by atomic mass is 9.95. The highest BCUT2D eigenvalue weighted by Gasteiger charge is 2.25. The number of hydrogen-bond acceptors (Lipinski definition) is 4. The molecule has 28 heavy (non-hydrogen) atoms. The number of carbonyl (C=O) groups is 2. The fourth-order valence-corrected chi connectivity index (χ4v) is 3.70. The van der Waals surface area contributed by atoms with Crippen LogP contribution in [-0.4, -0.2) is 40.0 Å². The second-order valence-electron chi connectivity index (χ2n) is 6.89. The van der Waals surface area contributed by atoms with Gasteiger partial charge in [0, 0.05) is 41.8 Å². The Hall–Kier alpha value is -3.25. The predicted molar refractivity (Wildman–Crippen MR) is 108 cm³/mol. The molecule has 0 saturated carbocycles. The zero-order valence-electron chi connectivity index (χ0n) is 15.6. The maximum Gasteiger partial charge on any atom is 0.335 e. The number of carboxylic acids is 1. The van der Waals surface area contributed by atoms with E-state index in [1.165, 1.54) is 12.1 Å². The predicted octanol–water partition coefficient (Wildman–Crippen LogP) is 3.56. The molecule has 0 atom stereocenters. The molecule has 3 aromatic rings. The number of amides is 1. The topological polar surface area (TPSA) is 82.5 Å². The van der Waals surface area contributed by atoms with Gasteiger partial charge in [0.05, 0.1) is 16.6 Å². The van der Waals surface area contributed by atoms with Crippen molar-refractivity contribution < 1.29 is 14.7 Å². The summed E-state index contributed by atoms with van der Waals surface area (Å²) in [5, 5.41) is 12.9. The van der Waals surface area contributed by atoms with Gasteiger partial charge in [0.2, 0.25) is 0 Å². The van der Waals surface area contributed by atoms with Gasteiger partial charge in [-0.2, -0.15) is 0 Å². The third kappa shape index (κ3) is 3.34. The van der Waals surface area contributed by atoms with Crippen LogP contribution in [0.5, 0.6) is 0 Å². The highest BCUT2D eigenvalue weighted by Crippen LogP contribution is 2.29. The Morgan fingerprint density at radius 2 is 2.00 bits per heavy atom. The van der Waals surface area contributed by atoms with Crippen LogP contribution in [0.4, 0.5) is 5.69 Å². The van der Waals surface area contributed by atoms with Crippen LogP contribution in [0.25, 0.3) is 10.9 Å². The van der Waals surface area contributed by atoms with Gasteiger partial charge in [0.25, 0.3) is 5.91 Å². The molecule has 142 valence electrons. The summed E-state index contributed by atoms with van der Waals surface area (Å²) >= 11 is 0. The van der Waals surface area contributed by atoms with Crippen LogP contribution in [0.2, 0.25) is 0 Å². The summed E-state index contributed by atoms with van der Waals surface area (Å²) in [5.74, 6) is -1.27. The smallest absolute Gasteiger partial charge is 0.335 e. The number of carbonyl (C=O) groups excluding carboxylic acids is 1. The second-order valence-corrected chi connectivity index (χ2v) is 6.89. The normalized spacial score (nSPS) is 13.9. The summed E-state index contributed by atoms with van der Waals surface area (Å²) < 4.78 is 0. The van der Waals surface area contributed by atoms with E-state index in [9.17, 15) is 14.7 Å². The number of nitrogens with one attached hydrogen (secondary N) is 1. The van der Waals surface area contributed by atoms with Gasteiger partial charge in [-0.3, -0.25) is 14.7 Å². The van der Waals surface area contributed by atoms with Crippen molar-refractivity contribution in [2.24, 2.45) is 0 Å². The molecule has 0 fully saturated rings. The van der Waals surface area contributed by atoms with Crippen LogP contribution in [0, 0.1) is 0 Å². The molecule has 0 saturated heterocycles. The van der Waals surface area contributed by atoms with E-state index in [0.717, 1.165) is 41.7 Å². The summed E-state index contributed by atoms with van der Waals surface area (Å²) in [7, 11) is 0. The average molecular weight is 375 g/mol. The van der Waals surface area contributed by atoms with Crippen LogP contribution < -0.4 is 5.32 Å². The Morgan fingerprint density at radius 1 is 1.18 bits per heavy atom. The maximum absolute atomic E-state index is 13.3. The van der Waals surface area contributed by atoms with Crippen molar-refractivity contribution in [2.45, 2.75) is 19.9 Å². The van der Waals surface area contributed by atoms with Crippen molar-refractivity contribution in [2.75, 3.05) is 18.4 Å². The highest BCUT2D eigenvalue weighted by molar-refractivity contribution is 6.13. The molecule has 1 amide bonds. The molecule has 0 radical (unpaired) electrons. The molecule has 1 aliphatic heterocycles. The van der Waals surface area contributed by atoms with Gasteiger partial charge >= 0.3 is 5.97 Å². The zero-order valence-corrected chi connectivity index (χ0v) is 15.6. The van der Waals surface area contributed by atoms with E-state index in [1.54, 1.807) is 12.1 Å². The number of nitrogens with zero attached hydrogens (tertiary/aromatic N) is 2. The van der Waals surface area contributed by atoms with Crippen molar-refractivity contribution >= 4 is 28.5 Å². The molecule has 4 rings (SSSR count). The van der Waals surface area contributed by atoms with Crippen LogP contribution in [0.3, 0.4) is 0 Å². The molecule has 1 aliphatic rings. The quantitative estimate of drug-likeness (QED) is 0.729. The van der Waals surface area contributed by atoms with Gasteiger partial charge in [-0.25, -0.2) is 4.79 Å². The number of anilines is 1. The monoisotopic (exact) mass is 375 g/mol. The Balaban J connectivity index is 1.79. The minimum absolute atomic E-state index is 0.136.